The van der Waals surface area contributed by atoms with Crippen molar-refractivity contribution in [1.82, 2.24) is 0 Å². The summed E-state index contributed by atoms with van der Waals surface area (Å²) >= 11 is 0. The summed E-state index contributed by atoms with van der Waals surface area (Å²) in [6.07, 6.45) is 4.45. The minimum absolute atomic E-state index is 0.0509. The Balaban J connectivity index is 2.46. The van der Waals surface area contributed by atoms with Gasteiger partial charge in [0.05, 0.1) is 11.1 Å². The maximum Gasteiger partial charge on any atom is 0.346 e. The zero-order valence-electron chi connectivity index (χ0n) is 6.61. The lowest BCUT2D eigenvalue weighted by Crippen LogP contribution is -2.02. The van der Waals surface area contributed by atoms with Gasteiger partial charge in [-0.15, -0.1) is 0 Å². The summed E-state index contributed by atoms with van der Waals surface area (Å²) in [5.41, 5.74) is 0.551. The lowest BCUT2D eigenvalue weighted by Gasteiger charge is -1.91. The van der Waals surface area contributed by atoms with Gasteiger partial charge < -0.3 is 9.84 Å². The van der Waals surface area contributed by atoms with E-state index in [1.807, 2.05) is 0 Å². The third-order valence-corrected chi connectivity index (χ3v) is 1.91. The van der Waals surface area contributed by atoms with Crippen LogP contribution in [0.2, 0.25) is 0 Å². The van der Waals surface area contributed by atoms with Gasteiger partial charge in [-0.1, -0.05) is 0 Å². The molecule has 0 aromatic carbocycles. The third kappa shape index (κ3) is 1.16. The first-order valence-electron chi connectivity index (χ1n) is 3.75. The number of cyclic esters (lactones) is 2. The Morgan fingerprint density at radius 3 is 2.77 bits per heavy atom. The molecular formula is C9H6O4. The molecule has 0 amide bonds. The summed E-state index contributed by atoms with van der Waals surface area (Å²) in [6, 6.07) is 0. The van der Waals surface area contributed by atoms with Crippen LogP contribution in [0.3, 0.4) is 0 Å². The molecule has 0 saturated heterocycles. The molecule has 1 heterocycles. The van der Waals surface area contributed by atoms with Gasteiger partial charge in [0, 0.05) is 6.42 Å². The Labute approximate surface area is 73.8 Å². The van der Waals surface area contributed by atoms with E-state index < -0.39 is 11.9 Å². The highest BCUT2D eigenvalue weighted by Gasteiger charge is 2.31. The number of hydrogen-bond acceptors (Lipinski definition) is 4. The third-order valence-electron chi connectivity index (χ3n) is 1.91. The SMILES string of the molecule is O=C1OC(=O)C2=C1C=CC(O)=CC2. The topological polar surface area (TPSA) is 63.6 Å². The number of rotatable bonds is 0. The van der Waals surface area contributed by atoms with Crippen LogP contribution in [0, 0.1) is 0 Å². The van der Waals surface area contributed by atoms with E-state index >= 15 is 0 Å². The van der Waals surface area contributed by atoms with Crippen molar-refractivity contribution in [2.75, 3.05) is 0 Å². The average molecular weight is 178 g/mol. The lowest BCUT2D eigenvalue weighted by atomic mass is 10.1. The molecule has 0 fully saturated rings. The fourth-order valence-electron chi connectivity index (χ4n) is 1.24. The van der Waals surface area contributed by atoms with Crippen molar-refractivity contribution in [3.63, 3.8) is 0 Å². The van der Waals surface area contributed by atoms with E-state index in [0.717, 1.165) is 0 Å². The molecule has 1 aliphatic heterocycles. The van der Waals surface area contributed by atoms with Crippen LogP contribution in [-0.4, -0.2) is 17.0 Å². The highest BCUT2D eigenvalue weighted by molar-refractivity contribution is 6.14. The van der Waals surface area contributed by atoms with Crippen molar-refractivity contribution in [2.24, 2.45) is 0 Å². The van der Waals surface area contributed by atoms with Gasteiger partial charge in [-0.3, -0.25) is 0 Å². The molecule has 0 aromatic heterocycles. The molecule has 2 rings (SSSR count). The molecule has 4 heteroatoms. The van der Waals surface area contributed by atoms with Gasteiger partial charge in [-0.25, -0.2) is 9.59 Å². The van der Waals surface area contributed by atoms with E-state index in [-0.39, 0.29) is 17.8 Å². The Hall–Kier alpha value is -1.84. The normalized spacial score (nSPS) is 21.1. The fraction of sp³-hybridized carbons (Fsp3) is 0.111. The van der Waals surface area contributed by atoms with Gasteiger partial charge in [0.2, 0.25) is 0 Å². The Bertz CT molecular complexity index is 384. The second kappa shape index (κ2) is 2.58. The van der Waals surface area contributed by atoms with Crippen LogP contribution in [0.5, 0.6) is 0 Å². The number of carbonyl (C=O) groups excluding carboxylic acids is 2. The van der Waals surface area contributed by atoms with Crippen LogP contribution in [0.4, 0.5) is 0 Å². The minimum atomic E-state index is -0.639. The summed E-state index contributed by atoms with van der Waals surface area (Å²) in [6.45, 7) is 0. The average Bonchev–Trinajstić information content (AvgIpc) is 2.27. The van der Waals surface area contributed by atoms with Crippen molar-refractivity contribution in [3.05, 3.63) is 35.1 Å². The molecule has 66 valence electrons. The maximum absolute atomic E-state index is 11.0. The van der Waals surface area contributed by atoms with Gasteiger partial charge in [0.15, 0.2) is 0 Å². The van der Waals surface area contributed by atoms with Crippen molar-refractivity contribution >= 4 is 11.9 Å². The number of hydrogen-bond donors (Lipinski definition) is 1. The smallest absolute Gasteiger partial charge is 0.346 e. The zero-order chi connectivity index (χ0) is 9.42. The van der Waals surface area contributed by atoms with Crippen molar-refractivity contribution in [3.8, 4) is 0 Å². The summed E-state index contributed by atoms with van der Waals surface area (Å²) in [7, 11) is 0. The van der Waals surface area contributed by atoms with E-state index in [4.69, 9.17) is 5.11 Å². The van der Waals surface area contributed by atoms with E-state index in [9.17, 15) is 9.59 Å². The highest BCUT2D eigenvalue weighted by atomic mass is 16.6. The summed E-state index contributed by atoms with van der Waals surface area (Å²) in [4.78, 5) is 22.1. The largest absolute Gasteiger partial charge is 0.508 e. The Kier molecular flexibility index (Phi) is 1.55. The first-order chi connectivity index (χ1) is 6.18. The lowest BCUT2D eigenvalue weighted by molar-refractivity contribution is -0.151. The Morgan fingerprint density at radius 1 is 1.23 bits per heavy atom. The first kappa shape index (κ1) is 7.79. The monoisotopic (exact) mass is 178 g/mol. The predicted molar refractivity (Wildman–Crippen MR) is 42.6 cm³/mol. The molecule has 0 radical (unpaired) electrons. The van der Waals surface area contributed by atoms with E-state index in [0.29, 0.717) is 5.57 Å². The predicted octanol–water partition coefficient (Wildman–Crippen LogP) is 0.768. The number of allylic oxidation sites excluding steroid dienone is 2. The first-order valence-corrected chi connectivity index (χ1v) is 3.75. The molecule has 0 atom stereocenters. The van der Waals surface area contributed by atoms with Crippen LogP contribution in [-0.2, 0) is 14.3 Å². The van der Waals surface area contributed by atoms with E-state index in [2.05, 4.69) is 4.74 Å². The molecule has 0 spiro atoms. The van der Waals surface area contributed by atoms with Crippen LogP contribution in [0.15, 0.2) is 35.1 Å². The second-order valence-electron chi connectivity index (χ2n) is 2.74. The molecule has 2 aliphatic rings. The molecule has 0 unspecified atom stereocenters. The maximum atomic E-state index is 11.0. The van der Waals surface area contributed by atoms with Crippen LogP contribution < -0.4 is 0 Å². The molecular weight excluding hydrogens is 172 g/mol. The standard InChI is InChI=1S/C9H6O4/c10-5-1-3-6-7(4-2-5)9(12)13-8(6)11/h1-3,10H,4H2. The van der Waals surface area contributed by atoms with Crippen molar-refractivity contribution in [2.45, 2.75) is 6.42 Å². The van der Waals surface area contributed by atoms with E-state index in [1.165, 1.54) is 18.2 Å². The number of carbonyl (C=O) groups is 2. The van der Waals surface area contributed by atoms with Crippen LogP contribution in [0.1, 0.15) is 6.42 Å². The van der Waals surface area contributed by atoms with Crippen LogP contribution >= 0.6 is 0 Å². The van der Waals surface area contributed by atoms with Gasteiger partial charge in [-0.2, -0.15) is 0 Å². The number of aliphatic hydroxyl groups is 1. The van der Waals surface area contributed by atoms with Crippen molar-refractivity contribution < 1.29 is 19.4 Å². The molecule has 4 nitrogen and oxygen atoms in total. The van der Waals surface area contributed by atoms with Crippen LogP contribution in [0.25, 0.3) is 0 Å². The van der Waals surface area contributed by atoms with Gasteiger partial charge in [-0.05, 0) is 18.2 Å². The van der Waals surface area contributed by atoms with E-state index in [1.54, 1.807) is 0 Å². The molecule has 1 aliphatic carbocycles. The fourth-order valence-corrected chi connectivity index (χ4v) is 1.24. The minimum Gasteiger partial charge on any atom is -0.508 e. The number of esters is 2. The van der Waals surface area contributed by atoms with Gasteiger partial charge in [0.1, 0.15) is 5.76 Å². The van der Waals surface area contributed by atoms with Gasteiger partial charge in [0.25, 0.3) is 0 Å². The second-order valence-corrected chi connectivity index (χ2v) is 2.74. The zero-order valence-corrected chi connectivity index (χ0v) is 6.61. The van der Waals surface area contributed by atoms with Gasteiger partial charge >= 0.3 is 11.9 Å². The Morgan fingerprint density at radius 2 is 2.00 bits per heavy atom. The number of aliphatic hydroxyl groups excluding tert-OH is 1. The summed E-state index contributed by atoms with van der Waals surface area (Å²) in [5, 5.41) is 9.10. The van der Waals surface area contributed by atoms with Crippen molar-refractivity contribution in [1.29, 1.82) is 0 Å². The molecule has 0 aromatic rings. The molecule has 0 saturated carbocycles. The molecule has 13 heavy (non-hydrogen) atoms. The molecule has 1 N–H and O–H groups in total. The number of ether oxygens (including phenoxy) is 1. The summed E-state index contributed by atoms with van der Waals surface area (Å²) in [5.74, 6) is -1.20. The molecule has 0 bridgehead atoms. The quantitative estimate of drug-likeness (QED) is 0.439. The summed E-state index contributed by atoms with van der Waals surface area (Å²) < 4.78 is 4.38. The highest BCUT2D eigenvalue weighted by Crippen LogP contribution is 2.24.